The van der Waals surface area contributed by atoms with Gasteiger partial charge in [-0.15, -0.1) is 0 Å². The van der Waals surface area contributed by atoms with Gasteiger partial charge in [-0.05, 0) is 65.1 Å². The van der Waals surface area contributed by atoms with E-state index in [0.717, 1.165) is 42.8 Å². The van der Waals surface area contributed by atoms with Gasteiger partial charge in [0.15, 0.2) is 0 Å². The summed E-state index contributed by atoms with van der Waals surface area (Å²) in [6.45, 7) is 10.2. The fourth-order valence-electron chi connectivity index (χ4n) is 3.86. The van der Waals surface area contributed by atoms with E-state index in [9.17, 15) is 9.18 Å². The van der Waals surface area contributed by atoms with Crippen LogP contribution in [0.25, 0.3) is 5.57 Å². The predicted octanol–water partition coefficient (Wildman–Crippen LogP) is 4.66. The first-order valence-electron chi connectivity index (χ1n) is 10.6. The number of hydrogen-bond acceptors (Lipinski definition) is 3. The van der Waals surface area contributed by atoms with Gasteiger partial charge in [0.1, 0.15) is 18.2 Å². The van der Waals surface area contributed by atoms with E-state index in [2.05, 4.69) is 36.6 Å². The quantitative estimate of drug-likeness (QED) is 0.560. The van der Waals surface area contributed by atoms with Crippen LogP contribution in [0.4, 0.5) is 4.39 Å². The molecule has 2 heterocycles. The van der Waals surface area contributed by atoms with Crippen LogP contribution in [-0.4, -0.2) is 22.6 Å². The zero-order chi connectivity index (χ0) is 21.8. The Morgan fingerprint density at radius 2 is 1.90 bits per heavy atom. The maximum atomic E-state index is 13.0. The molecule has 0 aliphatic carbocycles. The number of ether oxygens (including phenoxy) is 1. The van der Waals surface area contributed by atoms with E-state index in [1.165, 1.54) is 29.3 Å². The van der Waals surface area contributed by atoms with Crippen LogP contribution in [0.5, 0.6) is 5.75 Å². The number of aromatic nitrogens is 1. The van der Waals surface area contributed by atoms with Gasteiger partial charge >= 0.3 is 0 Å². The van der Waals surface area contributed by atoms with Gasteiger partial charge in [0.05, 0.1) is 6.54 Å². The maximum absolute atomic E-state index is 13.0. The third-order valence-corrected chi connectivity index (χ3v) is 5.80. The molecule has 0 N–H and O–H groups in total. The monoisotopic (exact) mass is 418 g/mol. The van der Waals surface area contributed by atoms with Crippen LogP contribution in [0.2, 0.25) is 0 Å². The number of benzene rings is 2. The van der Waals surface area contributed by atoms with E-state index < -0.39 is 0 Å². The molecule has 2 aromatic carbocycles. The average molecular weight is 419 g/mol. The molecule has 4 rings (SSSR count). The summed E-state index contributed by atoms with van der Waals surface area (Å²) >= 11 is 0. The third kappa shape index (κ3) is 5.12. The summed E-state index contributed by atoms with van der Waals surface area (Å²) in [5.41, 5.74) is 5.42. The van der Waals surface area contributed by atoms with Crippen molar-refractivity contribution in [3.8, 4) is 5.75 Å². The van der Waals surface area contributed by atoms with E-state index >= 15 is 0 Å². The van der Waals surface area contributed by atoms with Gasteiger partial charge < -0.3 is 9.30 Å². The van der Waals surface area contributed by atoms with Crippen molar-refractivity contribution >= 4 is 5.57 Å². The van der Waals surface area contributed by atoms with Gasteiger partial charge in [-0.2, -0.15) is 0 Å². The molecule has 1 aliphatic heterocycles. The van der Waals surface area contributed by atoms with E-state index in [1.807, 2.05) is 0 Å². The molecule has 4 nitrogen and oxygen atoms in total. The van der Waals surface area contributed by atoms with Crippen molar-refractivity contribution in [2.45, 2.75) is 33.0 Å². The molecule has 0 bridgehead atoms. The van der Waals surface area contributed by atoms with Crippen LogP contribution in [0, 0.1) is 5.82 Å². The summed E-state index contributed by atoms with van der Waals surface area (Å²) in [6.07, 6.45) is 2.81. The van der Waals surface area contributed by atoms with Gasteiger partial charge in [-0.3, -0.25) is 9.69 Å². The fraction of sp³-hybridized carbons (Fsp3) is 0.269. The second-order valence-electron chi connectivity index (χ2n) is 7.95. The standard InChI is InChI=1S/C26H27FN2O2/c1-3-28-12-10-21-6-7-22(14-23(21)17-28)19(2)16-29-13-11-25(15-26(29)30)31-18-20-4-8-24(27)9-5-20/h4-9,11,13-15H,2-3,10,12,16-18H2,1H3. The summed E-state index contributed by atoms with van der Waals surface area (Å²) in [5.74, 6) is 0.206. The van der Waals surface area contributed by atoms with E-state index in [0.29, 0.717) is 12.3 Å². The van der Waals surface area contributed by atoms with Crippen molar-refractivity contribution in [1.82, 2.24) is 9.47 Å². The molecule has 1 aliphatic rings. The lowest BCUT2D eigenvalue weighted by Crippen LogP contribution is -2.30. The van der Waals surface area contributed by atoms with Gasteiger partial charge in [-0.25, -0.2) is 4.39 Å². The van der Waals surface area contributed by atoms with E-state index in [1.54, 1.807) is 29.0 Å². The molecule has 0 amide bonds. The van der Waals surface area contributed by atoms with Gasteiger partial charge in [-0.1, -0.05) is 37.8 Å². The molecule has 160 valence electrons. The summed E-state index contributed by atoms with van der Waals surface area (Å²) in [5, 5.41) is 0. The smallest absolute Gasteiger partial charge is 0.254 e. The SMILES string of the molecule is C=C(Cn1ccc(OCc2ccc(F)cc2)cc1=O)c1ccc2c(c1)CN(CC)CC2. The second-order valence-corrected chi connectivity index (χ2v) is 7.95. The number of allylic oxidation sites excluding steroid dienone is 1. The molecule has 0 fully saturated rings. The number of nitrogens with zero attached hydrogens (tertiary/aromatic N) is 2. The van der Waals surface area contributed by atoms with Crippen LogP contribution in [-0.2, 0) is 26.1 Å². The Kier molecular flexibility index (Phi) is 6.33. The third-order valence-electron chi connectivity index (χ3n) is 5.80. The maximum Gasteiger partial charge on any atom is 0.254 e. The predicted molar refractivity (Wildman–Crippen MR) is 122 cm³/mol. The van der Waals surface area contributed by atoms with Crippen LogP contribution >= 0.6 is 0 Å². The van der Waals surface area contributed by atoms with Crippen molar-refractivity contribution in [2.24, 2.45) is 0 Å². The van der Waals surface area contributed by atoms with Crippen LogP contribution in [0.3, 0.4) is 0 Å². The molecule has 5 heteroatoms. The molecular weight excluding hydrogens is 391 g/mol. The molecule has 0 saturated carbocycles. The van der Waals surface area contributed by atoms with Crippen LogP contribution in [0.15, 0.2) is 72.2 Å². The molecular formula is C26H27FN2O2. The topological polar surface area (TPSA) is 34.5 Å². The Labute approximate surface area is 182 Å². The highest BCUT2D eigenvalue weighted by atomic mass is 19.1. The minimum absolute atomic E-state index is 0.145. The number of hydrogen-bond donors (Lipinski definition) is 0. The van der Waals surface area contributed by atoms with Gasteiger partial charge in [0.2, 0.25) is 0 Å². The molecule has 0 radical (unpaired) electrons. The number of likely N-dealkylation sites (N-methyl/N-ethyl adjacent to an activating group) is 1. The van der Waals surface area contributed by atoms with Crippen molar-refractivity contribution in [3.63, 3.8) is 0 Å². The summed E-state index contributed by atoms with van der Waals surface area (Å²) < 4.78 is 20.3. The Morgan fingerprint density at radius 1 is 1.10 bits per heavy atom. The molecule has 0 unspecified atom stereocenters. The Hall–Kier alpha value is -3.18. The zero-order valence-corrected chi connectivity index (χ0v) is 17.8. The Bertz CT molecular complexity index is 1130. The molecule has 0 atom stereocenters. The zero-order valence-electron chi connectivity index (χ0n) is 17.8. The Balaban J connectivity index is 1.41. The van der Waals surface area contributed by atoms with E-state index in [-0.39, 0.29) is 18.0 Å². The number of fused-ring (bicyclic) bond motifs is 1. The summed E-state index contributed by atoms with van der Waals surface area (Å²) in [6, 6.07) is 15.9. The number of rotatable bonds is 7. The molecule has 0 spiro atoms. The minimum Gasteiger partial charge on any atom is -0.489 e. The summed E-state index contributed by atoms with van der Waals surface area (Å²) in [7, 11) is 0. The molecule has 0 saturated heterocycles. The van der Waals surface area contributed by atoms with Crippen molar-refractivity contribution < 1.29 is 9.13 Å². The molecule has 3 aromatic rings. The van der Waals surface area contributed by atoms with Gasteiger partial charge in [0, 0.05) is 25.4 Å². The fourth-order valence-corrected chi connectivity index (χ4v) is 3.86. The molecule has 1 aromatic heterocycles. The highest BCUT2D eigenvalue weighted by Gasteiger charge is 2.15. The number of pyridine rings is 1. The summed E-state index contributed by atoms with van der Waals surface area (Å²) in [4.78, 5) is 15.0. The number of halogens is 1. The van der Waals surface area contributed by atoms with Crippen LogP contribution < -0.4 is 10.3 Å². The molecule has 31 heavy (non-hydrogen) atoms. The van der Waals surface area contributed by atoms with E-state index in [4.69, 9.17) is 4.74 Å². The first kappa shape index (κ1) is 21.1. The highest BCUT2D eigenvalue weighted by molar-refractivity contribution is 5.64. The largest absolute Gasteiger partial charge is 0.489 e. The van der Waals surface area contributed by atoms with Crippen molar-refractivity contribution in [2.75, 3.05) is 13.1 Å². The van der Waals surface area contributed by atoms with Gasteiger partial charge in [0.25, 0.3) is 5.56 Å². The normalized spacial score (nSPS) is 13.6. The highest BCUT2D eigenvalue weighted by Crippen LogP contribution is 2.24. The minimum atomic E-state index is -0.284. The Morgan fingerprint density at radius 3 is 2.65 bits per heavy atom. The lowest BCUT2D eigenvalue weighted by Gasteiger charge is -2.28. The first-order valence-corrected chi connectivity index (χ1v) is 10.6. The van der Waals surface area contributed by atoms with Crippen LogP contribution in [0.1, 0.15) is 29.2 Å². The average Bonchev–Trinajstić information content (AvgIpc) is 2.79. The lowest BCUT2D eigenvalue weighted by atomic mass is 9.95. The first-order chi connectivity index (χ1) is 15.0. The second kappa shape index (κ2) is 9.31. The van der Waals surface area contributed by atoms with Crippen molar-refractivity contribution in [3.05, 3.63) is 106 Å². The lowest BCUT2D eigenvalue weighted by molar-refractivity contribution is 0.268. The van der Waals surface area contributed by atoms with Crippen molar-refractivity contribution in [1.29, 1.82) is 0 Å².